The Kier molecular flexibility index (Phi) is 3.86. The molecule has 0 saturated heterocycles. The van der Waals surface area contributed by atoms with E-state index in [4.69, 9.17) is 0 Å². The van der Waals surface area contributed by atoms with E-state index in [0.717, 1.165) is 29.4 Å². The van der Waals surface area contributed by atoms with Gasteiger partial charge < -0.3 is 14.6 Å². The first-order chi connectivity index (χ1) is 13.3. The van der Waals surface area contributed by atoms with Crippen molar-refractivity contribution in [2.75, 3.05) is 4.90 Å². The van der Waals surface area contributed by atoms with Gasteiger partial charge in [-0.3, -0.25) is 4.79 Å². The monoisotopic (exact) mass is 375 g/mol. The Labute approximate surface area is 160 Å². The number of imidazole rings is 1. The number of hydrogen-bond donors (Lipinski definition) is 1. The van der Waals surface area contributed by atoms with Crippen molar-refractivity contribution >= 4 is 28.0 Å². The number of benzene rings is 1. The number of carbonyl (C=O) groups is 1. The lowest BCUT2D eigenvalue weighted by atomic mass is 10.1. The summed E-state index contributed by atoms with van der Waals surface area (Å²) >= 11 is 1.44. The quantitative estimate of drug-likeness (QED) is 0.595. The van der Waals surface area contributed by atoms with Gasteiger partial charge in [0, 0.05) is 38.2 Å². The third-order valence-electron chi connectivity index (χ3n) is 4.73. The Balaban J connectivity index is 1.25. The van der Waals surface area contributed by atoms with Crippen molar-refractivity contribution in [1.29, 1.82) is 0 Å². The molecule has 0 spiro atoms. The minimum Gasteiger partial charge on any atom is -0.347 e. The van der Waals surface area contributed by atoms with Crippen LogP contribution in [-0.2, 0) is 19.6 Å². The van der Waals surface area contributed by atoms with Crippen LogP contribution < -0.4 is 10.2 Å². The number of nitrogens with zero attached hydrogens (tertiary/aromatic N) is 4. The van der Waals surface area contributed by atoms with Gasteiger partial charge in [0.2, 0.25) is 0 Å². The number of thiazole rings is 1. The molecule has 1 N–H and O–H groups in total. The van der Waals surface area contributed by atoms with Gasteiger partial charge in [0.25, 0.3) is 5.91 Å². The molecule has 3 aromatic heterocycles. The van der Waals surface area contributed by atoms with E-state index in [0.29, 0.717) is 11.4 Å². The second-order valence-corrected chi connectivity index (χ2v) is 7.55. The first-order valence-electron chi connectivity index (χ1n) is 8.73. The molecular weight excluding hydrogens is 358 g/mol. The average Bonchev–Trinajstić information content (AvgIpc) is 3.43. The minimum absolute atomic E-state index is 0.0961. The molecule has 1 amide bonds. The standard InChI is InChI=1S/C20H17N5OS/c26-19(22-9-14-5-6-18-21-7-8-24(18)11-14)17-10-23-20(27-17)25-12-15-3-1-2-4-16(15)13-25/h1-8,10-11H,9,12-13H2,(H,22,26). The molecule has 0 saturated carbocycles. The number of rotatable bonds is 4. The van der Waals surface area contributed by atoms with Gasteiger partial charge in [-0.2, -0.15) is 0 Å². The van der Waals surface area contributed by atoms with Gasteiger partial charge in [0.05, 0.1) is 6.20 Å². The Morgan fingerprint density at radius 2 is 1.93 bits per heavy atom. The van der Waals surface area contributed by atoms with E-state index in [9.17, 15) is 4.79 Å². The van der Waals surface area contributed by atoms with Crippen molar-refractivity contribution in [3.05, 3.63) is 82.8 Å². The predicted molar refractivity (Wildman–Crippen MR) is 105 cm³/mol. The summed E-state index contributed by atoms with van der Waals surface area (Å²) in [5.41, 5.74) is 4.57. The van der Waals surface area contributed by atoms with Gasteiger partial charge >= 0.3 is 0 Å². The van der Waals surface area contributed by atoms with E-state index in [1.165, 1.54) is 22.5 Å². The van der Waals surface area contributed by atoms with Crippen LogP contribution in [0, 0.1) is 0 Å². The lowest BCUT2D eigenvalue weighted by molar-refractivity contribution is 0.0954. The summed E-state index contributed by atoms with van der Waals surface area (Å²) in [6, 6.07) is 12.3. The van der Waals surface area contributed by atoms with Gasteiger partial charge in [-0.1, -0.05) is 41.7 Å². The van der Waals surface area contributed by atoms with E-state index in [1.807, 2.05) is 28.9 Å². The molecule has 134 valence electrons. The highest BCUT2D eigenvalue weighted by Gasteiger charge is 2.22. The molecule has 7 heteroatoms. The second-order valence-electron chi connectivity index (χ2n) is 6.54. The fourth-order valence-corrected chi connectivity index (χ4v) is 4.16. The zero-order valence-electron chi connectivity index (χ0n) is 14.5. The Morgan fingerprint density at radius 1 is 1.11 bits per heavy atom. The highest BCUT2D eigenvalue weighted by atomic mass is 32.1. The molecule has 0 fully saturated rings. The Hall–Kier alpha value is -3.19. The van der Waals surface area contributed by atoms with Gasteiger partial charge in [-0.05, 0) is 22.8 Å². The number of aromatic nitrogens is 3. The van der Waals surface area contributed by atoms with Crippen LogP contribution in [0.15, 0.2) is 61.2 Å². The summed E-state index contributed by atoms with van der Waals surface area (Å²) in [5, 5.41) is 3.86. The summed E-state index contributed by atoms with van der Waals surface area (Å²) < 4.78 is 1.94. The van der Waals surface area contributed by atoms with Crippen LogP contribution in [0.1, 0.15) is 26.4 Å². The third kappa shape index (κ3) is 3.06. The van der Waals surface area contributed by atoms with Crippen molar-refractivity contribution < 1.29 is 4.79 Å². The van der Waals surface area contributed by atoms with Gasteiger partial charge in [0.15, 0.2) is 5.13 Å². The van der Waals surface area contributed by atoms with Crippen LogP contribution in [0.5, 0.6) is 0 Å². The summed E-state index contributed by atoms with van der Waals surface area (Å²) in [4.78, 5) is 24.0. The van der Waals surface area contributed by atoms with Crippen molar-refractivity contribution in [2.45, 2.75) is 19.6 Å². The summed E-state index contributed by atoms with van der Waals surface area (Å²) in [6.45, 7) is 2.15. The Bertz CT molecular complexity index is 1110. The molecule has 6 nitrogen and oxygen atoms in total. The van der Waals surface area contributed by atoms with Crippen molar-refractivity contribution in [2.24, 2.45) is 0 Å². The number of fused-ring (bicyclic) bond motifs is 2. The SMILES string of the molecule is O=C(NCc1ccc2nccn2c1)c1cnc(N2Cc3ccccc3C2)s1. The normalized spacial score (nSPS) is 13.1. The van der Waals surface area contributed by atoms with Gasteiger partial charge in [-0.15, -0.1) is 0 Å². The largest absolute Gasteiger partial charge is 0.347 e. The molecule has 0 aliphatic carbocycles. The fourth-order valence-electron chi connectivity index (χ4n) is 3.32. The molecule has 4 aromatic rings. The molecule has 1 aliphatic heterocycles. The van der Waals surface area contributed by atoms with Crippen LogP contribution in [0.25, 0.3) is 5.65 Å². The number of nitrogens with one attached hydrogen (secondary N) is 1. The maximum absolute atomic E-state index is 12.5. The van der Waals surface area contributed by atoms with E-state index in [-0.39, 0.29) is 5.91 Å². The van der Waals surface area contributed by atoms with Crippen molar-refractivity contribution in [3.63, 3.8) is 0 Å². The van der Waals surface area contributed by atoms with Crippen LogP contribution >= 0.6 is 11.3 Å². The number of anilines is 1. The number of pyridine rings is 1. The smallest absolute Gasteiger partial charge is 0.263 e. The Morgan fingerprint density at radius 3 is 2.74 bits per heavy atom. The van der Waals surface area contributed by atoms with E-state index >= 15 is 0 Å². The van der Waals surface area contributed by atoms with Gasteiger partial charge in [-0.25, -0.2) is 9.97 Å². The topological polar surface area (TPSA) is 62.5 Å². The highest BCUT2D eigenvalue weighted by Crippen LogP contribution is 2.31. The third-order valence-corrected chi connectivity index (χ3v) is 5.79. The van der Waals surface area contributed by atoms with E-state index in [2.05, 4.69) is 44.5 Å². The first-order valence-corrected chi connectivity index (χ1v) is 9.55. The molecule has 4 heterocycles. The summed E-state index contributed by atoms with van der Waals surface area (Å²) in [5.74, 6) is -0.0961. The highest BCUT2D eigenvalue weighted by molar-refractivity contribution is 7.17. The van der Waals surface area contributed by atoms with E-state index < -0.39 is 0 Å². The van der Waals surface area contributed by atoms with Crippen molar-refractivity contribution in [3.8, 4) is 0 Å². The summed E-state index contributed by atoms with van der Waals surface area (Å²) in [7, 11) is 0. The number of hydrogen-bond acceptors (Lipinski definition) is 5. The second kappa shape index (κ2) is 6.51. The first kappa shape index (κ1) is 16.0. The molecule has 0 unspecified atom stereocenters. The molecule has 1 aromatic carbocycles. The molecule has 0 bridgehead atoms. The molecule has 0 radical (unpaired) electrons. The zero-order chi connectivity index (χ0) is 18.2. The maximum atomic E-state index is 12.5. The number of carbonyl (C=O) groups excluding carboxylic acids is 1. The number of amides is 1. The molecule has 27 heavy (non-hydrogen) atoms. The van der Waals surface area contributed by atoms with E-state index in [1.54, 1.807) is 12.4 Å². The van der Waals surface area contributed by atoms with Crippen LogP contribution in [0.3, 0.4) is 0 Å². The van der Waals surface area contributed by atoms with Crippen LogP contribution in [0.4, 0.5) is 5.13 Å². The zero-order valence-corrected chi connectivity index (χ0v) is 15.3. The molecule has 0 atom stereocenters. The minimum atomic E-state index is -0.0961. The van der Waals surface area contributed by atoms with Crippen LogP contribution in [-0.4, -0.2) is 20.3 Å². The van der Waals surface area contributed by atoms with Gasteiger partial charge in [0.1, 0.15) is 10.5 Å². The lowest BCUT2D eigenvalue weighted by Crippen LogP contribution is -2.22. The summed E-state index contributed by atoms with van der Waals surface area (Å²) in [6.07, 6.45) is 7.29. The molecular formula is C20H17N5OS. The average molecular weight is 375 g/mol. The maximum Gasteiger partial charge on any atom is 0.263 e. The van der Waals surface area contributed by atoms with Crippen LogP contribution in [0.2, 0.25) is 0 Å². The lowest BCUT2D eigenvalue weighted by Gasteiger charge is -2.12. The van der Waals surface area contributed by atoms with Crippen molar-refractivity contribution in [1.82, 2.24) is 19.7 Å². The molecule has 5 rings (SSSR count). The predicted octanol–water partition coefficient (Wildman–Crippen LogP) is 3.24. The fraction of sp³-hybridized carbons (Fsp3) is 0.150. The molecule has 1 aliphatic rings.